The molecule has 0 radical (unpaired) electrons. The van der Waals surface area contributed by atoms with Crippen LogP contribution in [0.1, 0.15) is 36.6 Å². The van der Waals surface area contributed by atoms with E-state index in [1.165, 1.54) is 11.3 Å². The lowest BCUT2D eigenvalue weighted by atomic mass is 9.93. The van der Waals surface area contributed by atoms with Crippen LogP contribution >= 0.6 is 68.1 Å². The van der Waals surface area contributed by atoms with E-state index in [-0.39, 0.29) is 12.2 Å². The highest BCUT2D eigenvalue weighted by atomic mass is 127. The summed E-state index contributed by atoms with van der Waals surface area (Å²) in [5.74, 6) is 0.200. The molecule has 0 fully saturated rings. The number of rotatable bonds is 7. The number of thiazole rings is 1. The van der Waals surface area contributed by atoms with Crippen LogP contribution in [-0.2, 0) is 9.53 Å². The van der Waals surface area contributed by atoms with Gasteiger partial charge in [-0.3, -0.25) is 9.36 Å². The molecule has 0 bridgehead atoms. The molecule has 6 nitrogen and oxygen atoms in total. The first-order valence-electron chi connectivity index (χ1n) is 12.5. The van der Waals surface area contributed by atoms with Crippen LogP contribution in [0, 0.1) is 7.14 Å². The van der Waals surface area contributed by atoms with E-state index < -0.39 is 12.0 Å². The molecule has 0 amide bonds. The number of carbonyl (C=O) groups is 1. The molecule has 4 aromatic rings. The van der Waals surface area contributed by atoms with Crippen LogP contribution in [0.15, 0.2) is 82.1 Å². The van der Waals surface area contributed by atoms with Crippen molar-refractivity contribution in [3.8, 4) is 5.75 Å². The predicted octanol–water partition coefficient (Wildman–Crippen LogP) is 6.20. The number of halogens is 3. The molecule has 40 heavy (non-hydrogen) atoms. The summed E-state index contributed by atoms with van der Waals surface area (Å²) in [5.41, 5.74) is 2.81. The van der Waals surface area contributed by atoms with Gasteiger partial charge < -0.3 is 9.47 Å². The Hall–Kier alpha value is -2.48. The number of ether oxygens (including phenoxy) is 2. The van der Waals surface area contributed by atoms with E-state index in [4.69, 9.17) is 26.1 Å². The first kappa shape index (κ1) is 29.0. The van der Waals surface area contributed by atoms with Crippen LogP contribution in [0.25, 0.3) is 11.8 Å². The second-order valence-electron chi connectivity index (χ2n) is 8.72. The average Bonchev–Trinajstić information content (AvgIpc) is 3.25. The Morgan fingerprint density at radius 3 is 2.48 bits per heavy atom. The number of nitrogens with zero attached hydrogens (tertiary/aromatic N) is 2. The Kier molecular flexibility index (Phi) is 9.13. The highest BCUT2D eigenvalue weighted by molar-refractivity contribution is 14.1. The highest BCUT2D eigenvalue weighted by Gasteiger charge is 2.35. The number of fused-ring (bicyclic) bond motifs is 1. The maximum Gasteiger partial charge on any atom is 0.338 e. The lowest BCUT2D eigenvalue weighted by molar-refractivity contribution is -0.138. The molecule has 0 unspecified atom stereocenters. The van der Waals surface area contributed by atoms with E-state index in [0.29, 0.717) is 32.2 Å². The van der Waals surface area contributed by atoms with Crippen molar-refractivity contribution in [2.24, 2.45) is 4.99 Å². The van der Waals surface area contributed by atoms with Gasteiger partial charge in [-0.05, 0) is 94.9 Å². The average molecular weight is 797 g/mol. The van der Waals surface area contributed by atoms with Gasteiger partial charge in [0.25, 0.3) is 5.56 Å². The summed E-state index contributed by atoms with van der Waals surface area (Å²) in [6, 6.07) is 19.9. The van der Waals surface area contributed by atoms with Crippen molar-refractivity contribution < 1.29 is 14.3 Å². The topological polar surface area (TPSA) is 69.9 Å². The van der Waals surface area contributed by atoms with Crippen molar-refractivity contribution in [3.63, 3.8) is 0 Å². The Labute approximate surface area is 267 Å². The second kappa shape index (κ2) is 12.6. The smallest absolute Gasteiger partial charge is 0.338 e. The van der Waals surface area contributed by atoms with Gasteiger partial charge in [0.2, 0.25) is 0 Å². The van der Waals surface area contributed by atoms with Crippen LogP contribution in [0.5, 0.6) is 5.75 Å². The number of esters is 1. The number of aromatic nitrogens is 1. The third-order valence-electron chi connectivity index (χ3n) is 6.17. The van der Waals surface area contributed by atoms with Crippen LogP contribution in [-0.4, -0.2) is 23.8 Å². The molecule has 0 saturated carbocycles. The van der Waals surface area contributed by atoms with Gasteiger partial charge in [-0.2, -0.15) is 0 Å². The monoisotopic (exact) mass is 796 g/mol. The van der Waals surface area contributed by atoms with E-state index in [1.807, 2.05) is 67.6 Å². The number of benzene rings is 3. The summed E-state index contributed by atoms with van der Waals surface area (Å²) in [4.78, 5) is 33.0. The van der Waals surface area contributed by atoms with Gasteiger partial charge in [-0.15, -0.1) is 0 Å². The normalized spacial score (nSPS) is 15.0. The molecule has 5 rings (SSSR count). The minimum absolute atomic E-state index is 0.188. The second-order valence-corrected chi connectivity index (χ2v) is 12.6. The summed E-state index contributed by atoms with van der Waals surface area (Å²) in [6.07, 6.45) is 1.84. The van der Waals surface area contributed by atoms with E-state index >= 15 is 0 Å². The van der Waals surface area contributed by atoms with Crippen molar-refractivity contribution in [1.29, 1.82) is 0 Å². The molecule has 1 aliphatic heterocycles. The summed E-state index contributed by atoms with van der Waals surface area (Å²) in [5, 5.41) is 0.554. The lowest BCUT2D eigenvalue weighted by Crippen LogP contribution is -2.40. The lowest BCUT2D eigenvalue weighted by Gasteiger charge is -2.26. The van der Waals surface area contributed by atoms with Gasteiger partial charge in [-0.1, -0.05) is 65.4 Å². The zero-order valence-corrected chi connectivity index (χ0v) is 27.4. The summed E-state index contributed by atoms with van der Waals surface area (Å²) >= 11 is 12.0. The number of hydrogen-bond acceptors (Lipinski definition) is 6. The highest BCUT2D eigenvalue weighted by Crippen LogP contribution is 2.35. The summed E-state index contributed by atoms with van der Waals surface area (Å²) in [7, 11) is 0. The van der Waals surface area contributed by atoms with Gasteiger partial charge >= 0.3 is 5.97 Å². The van der Waals surface area contributed by atoms with Crippen molar-refractivity contribution in [1.82, 2.24) is 4.57 Å². The molecular weight excluding hydrogens is 774 g/mol. The molecule has 204 valence electrons. The predicted molar refractivity (Wildman–Crippen MR) is 176 cm³/mol. The van der Waals surface area contributed by atoms with Gasteiger partial charge in [0, 0.05) is 19.7 Å². The van der Waals surface area contributed by atoms with Crippen LogP contribution in [0.3, 0.4) is 0 Å². The molecule has 3 aromatic carbocycles. The van der Waals surface area contributed by atoms with Gasteiger partial charge in [0.05, 0.1) is 38.6 Å². The van der Waals surface area contributed by atoms with E-state index in [0.717, 1.165) is 29.6 Å². The fourth-order valence-corrected chi connectivity index (χ4v) is 7.69. The Morgan fingerprint density at radius 2 is 1.80 bits per heavy atom. The maximum absolute atomic E-state index is 14.1. The SMILES string of the molecule is CCOC(=O)C1=C(c2ccccc2)N=c2s/c(=C\c3cc(I)cc(I)c3OCC)c(=O)n2[C@H]1c1ccc(Cl)cc1. The number of hydrogen-bond donors (Lipinski definition) is 0. The molecular formula is C30H23ClI2N2O4S. The molecule has 10 heteroatoms. The van der Waals surface area contributed by atoms with E-state index in [1.54, 1.807) is 23.6 Å². The zero-order valence-electron chi connectivity index (χ0n) is 21.5. The van der Waals surface area contributed by atoms with Crippen LogP contribution in [0.2, 0.25) is 5.02 Å². The molecule has 0 spiro atoms. The van der Waals surface area contributed by atoms with Gasteiger partial charge in [-0.25, -0.2) is 9.79 Å². The molecule has 0 N–H and O–H groups in total. The summed E-state index contributed by atoms with van der Waals surface area (Å²) in [6.45, 7) is 4.37. The quantitative estimate of drug-likeness (QED) is 0.165. The molecule has 0 aliphatic carbocycles. The Balaban J connectivity index is 1.83. The van der Waals surface area contributed by atoms with Crippen LogP contribution < -0.4 is 19.6 Å². The number of carbonyl (C=O) groups excluding carboxylic acids is 1. The van der Waals surface area contributed by atoms with Crippen molar-refractivity contribution >= 4 is 85.9 Å². The van der Waals surface area contributed by atoms with E-state index in [9.17, 15) is 9.59 Å². The minimum Gasteiger partial charge on any atom is -0.492 e. The standard InChI is InChI=1S/C30H23ClI2N2O4S/c1-3-38-27-19(14-21(32)16-22(27)33)15-23-28(36)35-26(18-10-12-20(31)13-11-18)24(29(37)39-4-2)25(34-30(35)40-23)17-8-6-5-7-9-17/h5-16,26H,3-4H2,1-2H3/b23-15-/t26-/m0/s1. The molecule has 1 atom stereocenters. The molecule has 1 aromatic heterocycles. The molecule has 2 heterocycles. The van der Waals surface area contributed by atoms with E-state index in [2.05, 4.69) is 45.2 Å². The maximum atomic E-state index is 14.1. The fourth-order valence-electron chi connectivity index (χ4n) is 4.53. The Morgan fingerprint density at radius 1 is 1.07 bits per heavy atom. The third kappa shape index (κ3) is 5.79. The van der Waals surface area contributed by atoms with Gasteiger partial charge in [0.1, 0.15) is 5.75 Å². The minimum atomic E-state index is -0.757. The fraction of sp³-hybridized carbons (Fsp3) is 0.167. The largest absolute Gasteiger partial charge is 0.492 e. The van der Waals surface area contributed by atoms with Crippen molar-refractivity contribution in [2.75, 3.05) is 13.2 Å². The Bertz CT molecular complexity index is 1800. The first-order valence-corrected chi connectivity index (χ1v) is 15.8. The first-order chi connectivity index (χ1) is 19.3. The van der Waals surface area contributed by atoms with Gasteiger partial charge in [0.15, 0.2) is 4.80 Å². The van der Waals surface area contributed by atoms with Crippen LogP contribution in [0.4, 0.5) is 0 Å². The van der Waals surface area contributed by atoms with Crippen molar-refractivity contribution in [3.05, 3.63) is 121 Å². The third-order valence-corrected chi connectivity index (χ3v) is 8.83. The molecule has 1 aliphatic rings. The molecule has 0 saturated heterocycles. The zero-order chi connectivity index (χ0) is 28.4. The van der Waals surface area contributed by atoms with Crippen molar-refractivity contribution in [2.45, 2.75) is 19.9 Å². The summed E-state index contributed by atoms with van der Waals surface area (Å²) < 4.78 is 15.5.